The van der Waals surface area contributed by atoms with Crippen molar-refractivity contribution in [3.63, 3.8) is 0 Å². The molecule has 1 atom stereocenters. The van der Waals surface area contributed by atoms with Crippen LogP contribution in [0.3, 0.4) is 0 Å². The van der Waals surface area contributed by atoms with E-state index in [0.29, 0.717) is 32.5 Å². The Labute approximate surface area is 115 Å². The van der Waals surface area contributed by atoms with Crippen molar-refractivity contribution in [2.24, 2.45) is 11.1 Å². The van der Waals surface area contributed by atoms with Gasteiger partial charge in [-0.2, -0.15) is 0 Å². The van der Waals surface area contributed by atoms with Crippen LogP contribution in [0.15, 0.2) is 0 Å². The van der Waals surface area contributed by atoms with Crippen LogP contribution in [0.2, 0.25) is 0 Å². The van der Waals surface area contributed by atoms with Gasteiger partial charge in [0, 0.05) is 20.1 Å². The topological polar surface area (TPSA) is 84.6 Å². The Bertz CT molecular complexity index is 265. The van der Waals surface area contributed by atoms with Crippen molar-refractivity contribution in [1.29, 1.82) is 0 Å². The summed E-state index contributed by atoms with van der Waals surface area (Å²) >= 11 is 0. The van der Waals surface area contributed by atoms with Gasteiger partial charge in [-0.15, -0.1) is 0 Å². The molecule has 19 heavy (non-hydrogen) atoms. The second-order valence-corrected chi connectivity index (χ2v) is 5.69. The minimum Gasteiger partial charge on any atom is -0.391 e. The molecule has 0 aliphatic heterocycles. The first-order valence-electron chi connectivity index (χ1n) is 7.26. The van der Waals surface area contributed by atoms with Crippen LogP contribution >= 0.6 is 0 Å². The maximum atomic E-state index is 11.9. The molecule has 4 N–H and O–H groups in total. The highest BCUT2D eigenvalue weighted by molar-refractivity contribution is 5.76. The number of methoxy groups -OCH3 is 1. The van der Waals surface area contributed by atoms with Gasteiger partial charge in [-0.1, -0.05) is 19.3 Å². The van der Waals surface area contributed by atoms with E-state index in [1.165, 1.54) is 19.3 Å². The summed E-state index contributed by atoms with van der Waals surface area (Å²) in [6.45, 7) is 1.39. The first-order valence-corrected chi connectivity index (χ1v) is 7.26. The lowest BCUT2D eigenvalue weighted by molar-refractivity contribution is -0.124. The van der Waals surface area contributed by atoms with Crippen molar-refractivity contribution in [2.45, 2.75) is 51.0 Å². The lowest BCUT2D eigenvalue weighted by Crippen LogP contribution is -2.39. The number of amides is 1. The lowest BCUT2D eigenvalue weighted by atomic mass is 9.71. The Hall–Kier alpha value is -0.650. The highest BCUT2D eigenvalue weighted by atomic mass is 16.5. The smallest absolute Gasteiger partial charge is 0.220 e. The maximum absolute atomic E-state index is 11.9. The zero-order valence-corrected chi connectivity index (χ0v) is 12.0. The summed E-state index contributed by atoms with van der Waals surface area (Å²) in [5.74, 6) is 0.0527. The second-order valence-electron chi connectivity index (χ2n) is 5.69. The van der Waals surface area contributed by atoms with E-state index in [9.17, 15) is 9.90 Å². The molecule has 1 unspecified atom stereocenters. The van der Waals surface area contributed by atoms with E-state index in [1.54, 1.807) is 7.11 Å². The molecule has 0 spiro atoms. The van der Waals surface area contributed by atoms with Gasteiger partial charge in [0.25, 0.3) is 0 Å². The molecule has 1 aliphatic rings. The molecule has 0 aromatic heterocycles. The number of hydrogen-bond donors (Lipinski definition) is 3. The fraction of sp³-hybridized carbons (Fsp3) is 0.929. The van der Waals surface area contributed by atoms with E-state index in [1.807, 2.05) is 0 Å². The number of nitrogens with two attached hydrogens (primary N) is 1. The number of aliphatic hydroxyl groups is 1. The number of carbonyl (C=O) groups is 1. The van der Waals surface area contributed by atoms with Crippen LogP contribution in [0.1, 0.15) is 44.9 Å². The Balaban J connectivity index is 2.25. The van der Waals surface area contributed by atoms with Crippen molar-refractivity contribution in [1.82, 2.24) is 5.32 Å². The van der Waals surface area contributed by atoms with Crippen molar-refractivity contribution in [3.8, 4) is 0 Å². The van der Waals surface area contributed by atoms with Crippen molar-refractivity contribution < 1.29 is 14.6 Å². The van der Waals surface area contributed by atoms with E-state index >= 15 is 0 Å². The molecule has 0 bridgehead atoms. The number of rotatable bonds is 8. The Kier molecular flexibility index (Phi) is 7.34. The van der Waals surface area contributed by atoms with Crippen LogP contribution in [0, 0.1) is 5.41 Å². The minimum absolute atomic E-state index is 0.00742. The van der Waals surface area contributed by atoms with Gasteiger partial charge in [-0.25, -0.2) is 0 Å². The van der Waals surface area contributed by atoms with E-state index in [2.05, 4.69) is 5.32 Å². The van der Waals surface area contributed by atoms with Crippen LogP contribution in [0.25, 0.3) is 0 Å². The predicted molar refractivity (Wildman–Crippen MR) is 74.7 cm³/mol. The Morgan fingerprint density at radius 1 is 1.42 bits per heavy atom. The second kappa shape index (κ2) is 8.51. The highest BCUT2D eigenvalue weighted by Gasteiger charge is 2.32. The van der Waals surface area contributed by atoms with Gasteiger partial charge in [0.2, 0.25) is 5.91 Å². The summed E-state index contributed by atoms with van der Waals surface area (Å²) in [5, 5.41) is 12.4. The van der Waals surface area contributed by atoms with Gasteiger partial charge in [0.05, 0.1) is 12.7 Å². The van der Waals surface area contributed by atoms with E-state index in [4.69, 9.17) is 10.5 Å². The van der Waals surface area contributed by atoms with Crippen molar-refractivity contribution >= 4 is 5.91 Å². The van der Waals surface area contributed by atoms with E-state index < -0.39 is 6.10 Å². The summed E-state index contributed by atoms with van der Waals surface area (Å²) in [6.07, 6.45) is 6.26. The molecule has 0 radical (unpaired) electrons. The number of hydrogen-bond acceptors (Lipinski definition) is 4. The number of ether oxygens (including phenoxy) is 1. The first kappa shape index (κ1) is 16.4. The molecule has 0 saturated heterocycles. The largest absolute Gasteiger partial charge is 0.391 e. The maximum Gasteiger partial charge on any atom is 0.220 e. The normalized spacial score (nSPS) is 19.9. The van der Waals surface area contributed by atoms with Crippen molar-refractivity contribution in [3.05, 3.63) is 0 Å². The molecule has 1 aliphatic carbocycles. The standard InChI is InChI=1S/C14H28N2O3/c1-19-10-12(17)5-8-16-13(18)9-14(11-15)6-3-2-4-7-14/h12,17H,2-11,15H2,1H3,(H,16,18). The molecule has 0 aromatic carbocycles. The summed E-state index contributed by atoms with van der Waals surface area (Å²) in [7, 11) is 1.55. The quantitative estimate of drug-likeness (QED) is 0.610. The van der Waals surface area contributed by atoms with Crippen LogP contribution < -0.4 is 11.1 Å². The summed E-state index contributed by atoms with van der Waals surface area (Å²) in [4.78, 5) is 11.9. The van der Waals surface area contributed by atoms with Crippen LogP contribution in [0.5, 0.6) is 0 Å². The molecule has 1 amide bonds. The molecule has 5 heteroatoms. The number of aliphatic hydroxyl groups excluding tert-OH is 1. The molecule has 0 aromatic rings. The summed E-state index contributed by atoms with van der Waals surface area (Å²) < 4.78 is 4.84. The number of nitrogens with one attached hydrogen (secondary N) is 1. The SMILES string of the molecule is COCC(O)CCNC(=O)CC1(CN)CCCCC1. The summed E-state index contributed by atoms with van der Waals surface area (Å²) in [6, 6.07) is 0. The van der Waals surface area contributed by atoms with Crippen LogP contribution in [0.4, 0.5) is 0 Å². The third-order valence-corrected chi connectivity index (χ3v) is 4.04. The fourth-order valence-electron chi connectivity index (χ4n) is 2.81. The van der Waals surface area contributed by atoms with Gasteiger partial charge in [0.1, 0.15) is 0 Å². The van der Waals surface area contributed by atoms with E-state index in [0.717, 1.165) is 12.8 Å². The Morgan fingerprint density at radius 2 is 2.11 bits per heavy atom. The first-order chi connectivity index (χ1) is 9.12. The molecular formula is C14H28N2O3. The molecular weight excluding hydrogens is 244 g/mol. The molecule has 1 saturated carbocycles. The average molecular weight is 272 g/mol. The monoisotopic (exact) mass is 272 g/mol. The molecule has 5 nitrogen and oxygen atoms in total. The summed E-state index contributed by atoms with van der Waals surface area (Å²) in [5.41, 5.74) is 5.87. The predicted octanol–water partition coefficient (Wildman–Crippen LogP) is 0.799. The molecule has 0 heterocycles. The van der Waals surface area contributed by atoms with Gasteiger partial charge < -0.3 is 20.9 Å². The van der Waals surface area contributed by atoms with Crippen LogP contribution in [-0.4, -0.2) is 43.9 Å². The fourth-order valence-corrected chi connectivity index (χ4v) is 2.81. The third kappa shape index (κ3) is 5.89. The third-order valence-electron chi connectivity index (χ3n) is 4.04. The zero-order valence-electron chi connectivity index (χ0n) is 12.0. The average Bonchev–Trinajstić information content (AvgIpc) is 2.40. The van der Waals surface area contributed by atoms with Gasteiger partial charge in [-0.3, -0.25) is 4.79 Å². The molecule has 1 rings (SSSR count). The van der Waals surface area contributed by atoms with Gasteiger partial charge in [-0.05, 0) is 31.2 Å². The molecule has 1 fully saturated rings. The van der Waals surface area contributed by atoms with E-state index in [-0.39, 0.29) is 11.3 Å². The van der Waals surface area contributed by atoms with Gasteiger partial charge >= 0.3 is 0 Å². The van der Waals surface area contributed by atoms with Crippen LogP contribution in [-0.2, 0) is 9.53 Å². The number of carbonyl (C=O) groups excluding carboxylic acids is 1. The minimum atomic E-state index is -0.511. The Morgan fingerprint density at radius 3 is 2.68 bits per heavy atom. The van der Waals surface area contributed by atoms with Gasteiger partial charge in [0.15, 0.2) is 0 Å². The van der Waals surface area contributed by atoms with Crippen molar-refractivity contribution in [2.75, 3.05) is 26.8 Å². The zero-order chi connectivity index (χ0) is 14.1. The molecule has 112 valence electrons. The lowest BCUT2D eigenvalue weighted by Gasteiger charge is -2.35. The highest BCUT2D eigenvalue weighted by Crippen LogP contribution is 2.38.